The molecule has 0 saturated heterocycles. The van der Waals surface area contributed by atoms with Gasteiger partial charge in [0.1, 0.15) is 0 Å². The molecule has 16 heavy (non-hydrogen) atoms. The lowest BCUT2D eigenvalue weighted by Gasteiger charge is -2.09. The minimum atomic E-state index is -0.585. The maximum Gasteiger partial charge on any atom is 0.308 e. The molecule has 4 nitrogen and oxygen atoms in total. The Kier molecular flexibility index (Phi) is 10.5. The van der Waals surface area contributed by atoms with Crippen molar-refractivity contribution < 1.29 is 19.7 Å². The fourth-order valence-electron chi connectivity index (χ4n) is 1.41. The summed E-state index contributed by atoms with van der Waals surface area (Å²) in [6.07, 6.45) is 4.62. The number of hydrogen-bond acceptors (Lipinski definition) is 4. The lowest BCUT2D eigenvalue weighted by Crippen LogP contribution is -2.16. The molecular weight excluding hydrogens is 208 g/mol. The molecule has 4 heteroatoms. The molecule has 0 fully saturated rings. The third kappa shape index (κ3) is 9.93. The highest BCUT2D eigenvalue weighted by Crippen LogP contribution is 2.08. The Labute approximate surface area is 97.6 Å². The van der Waals surface area contributed by atoms with E-state index in [1.165, 1.54) is 0 Å². The van der Waals surface area contributed by atoms with Crippen LogP contribution in [0.15, 0.2) is 0 Å². The topological polar surface area (TPSA) is 66.8 Å². The Bertz CT molecular complexity index is 170. The Morgan fingerprint density at radius 3 is 2.56 bits per heavy atom. The molecule has 0 aromatic rings. The van der Waals surface area contributed by atoms with E-state index in [-0.39, 0.29) is 19.0 Å². The molecule has 0 bridgehead atoms. The SMILES string of the molecule is CCCOC(=O)CC(O)CCCCCCO. The first-order valence-electron chi connectivity index (χ1n) is 6.15. The molecule has 0 aromatic carbocycles. The second kappa shape index (κ2) is 10.9. The van der Waals surface area contributed by atoms with E-state index in [4.69, 9.17) is 9.84 Å². The van der Waals surface area contributed by atoms with Crippen LogP contribution in [0.5, 0.6) is 0 Å². The highest BCUT2D eigenvalue weighted by molar-refractivity contribution is 5.69. The highest BCUT2D eigenvalue weighted by Gasteiger charge is 2.11. The summed E-state index contributed by atoms with van der Waals surface area (Å²) in [5, 5.41) is 18.1. The van der Waals surface area contributed by atoms with Gasteiger partial charge in [-0.2, -0.15) is 0 Å². The molecule has 2 N–H and O–H groups in total. The summed E-state index contributed by atoms with van der Waals surface area (Å²) in [6, 6.07) is 0. The molecule has 0 amide bonds. The molecule has 0 aliphatic heterocycles. The van der Waals surface area contributed by atoms with Crippen molar-refractivity contribution in [1.29, 1.82) is 0 Å². The number of rotatable bonds is 10. The zero-order valence-corrected chi connectivity index (χ0v) is 10.2. The van der Waals surface area contributed by atoms with Crippen LogP contribution in [0.4, 0.5) is 0 Å². The third-order valence-electron chi connectivity index (χ3n) is 2.31. The van der Waals surface area contributed by atoms with Gasteiger partial charge in [0.15, 0.2) is 0 Å². The Morgan fingerprint density at radius 1 is 1.25 bits per heavy atom. The summed E-state index contributed by atoms with van der Waals surface area (Å²) in [5.41, 5.74) is 0. The van der Waals surface area contributed by atoms with Gasteiger partial charge in [-0.15, -0.1) is 0 Å². The molecule has 1 atom stereocenters. The number of carbonyl (C=O) groups excluding carboxylic acids is 1. The molecule has 0 saturated carbocycles. The molecule has 0 rings (SSSR count). The van der Waals surface area contributed by atoms with Gasteiger partial charge in [-0.3, -0.25) is 4.79 Å². The molecular formula is C12H24O4. The molecule has 0 aromatic heterocycles. The largest absolute Gasteiger partial charge is 0.466 e. The van der Waals surface area contributed by atoms with Crippen molar-refractivity contribution in [1.82, 2.24) is 0 Å². The first kappa shape index (κ1) is 15.4. The number of aliphatic hydroxyl groups excluding tert-OH is 2. The monoisotopic (exact) mass is 232 g/mol. The molecule has 0 aliphatic carbocycles. The van der Waals surface area contributed by atoms with Crippen molar-refractivity contribution in [3.63, 3.8) is 0 Å². The van der Waals surface area contributed by atoms with E-state index >= 15 is 0 Å². The van der Waals surface area contributed by atoms with E-state index in [9.17, 15) is 9.90 Å². The fourth-order valence-corrected chi connectivity index (χ4v) is 1.41. The second-order valence-corrected chi connectivity index (χ2v) is 4.00. The van der Waals surface area contributed by atoms with Crippen LogP contribution in [-0.4, -0.2) is 35.5 Å². The van der Waals surface area contributed by atoms with Crippen LogP contribution in [0.2, 0.25) is 0 Å². The van der Waals surface area contributed by atoms with Crippen LogP contribution >= 0.6 is 0 Å². The summed E-state index contributed by atoms with van der Waals surface area (Å²) < 4.78 is 4.87. The summed E-state index contributed by atoms with van der Waals surface area (Å²) in [7, 11) is 0. The van der Waals surface area contributed by atoms with Crippen molar-refractivity contribution in [2.75, 3.05) is 13.2 Å². The van der Waals surface area contributed by atoms with Gasteiger partial charge in [-0.05, 0) is 19.3 Å². The highest BCUT2D eigenvalue weighted by atomic mass is 16.5. The molecule has 1 unspecified atom stereocenters. The summed E-state index contributed by atoms with van der Waals surface area (Å²) in [4.78, 5) is 11.1. The Balaban J connectivity index is 3.35. The predicted molar refractivity (Wildman–Crippen MR) is 62.0 cm³/mol. The van der Waals surface area contributed by atoms with Crippen molar-refractivity contribution >= 4 is 5.97 Å². The van der Waals surface area contributed by atoms with Crippen LogP contribution in [0.1, 0.15) is 51.9 Å². The lowest BCUT2D eigenvalue weighted by molar-refractivity contribution is -0.145. The number of hydrogen-bond donors (Lipinski definition) is 2. The fraction of sp³-hybridized carbons (Fsp3) is 0.917. The van der Waals surface area contributed by atoms with Crippen molar-refractivity contribution in [2.24, 2.45) is 0 Å². The maximum absolute atomic E-state index is 11.1. The van der Waals surface area contributed by atoms with Gasteiger partial charge in [0.05, 0.1) is 19.1 Å². The van der Waals surface area contributed by atoms with E-state index in [1.54, 1.807) is 0 Å². The van der Waals surface area contributed by atoms with Crippen LogP contribution < -0.4 is 0 Å². The quantitative estimate of drug-likeness (QED) is 0.444. The van der Waals surface area contributed by atoms with E-state index in [1.807, 2.05) is 6.92 Å². The summed E-state index contributed by atoms with van der Waals surface area (Å²) in [5.74, 6) is -0.315. The second-order valence-electron chi connectivity index (χ2n) is 4.00. The smallest absolute Gasteiger partial charge is 0.308 e. The van der Waals surface area contributed by atoms with Crippen molar-refractivity contribution in [3.05, 3.63) is 0 Å². The number of aliphatic hydroxyl groups is 2. The molecule has 0 spiro atoms. The third-order valence-corrected chi connectivity index (χ3v) is 2.31. The van der Waals surface area contributed by atoms with Gasteiger partial charge in [-0.1, -0.05) is 26.2 Å². The van der Waals surface area contributed by atoms with E-state index in [0.29, 0.717) is 13.0 Å². The average Bonchev–Trinajstić information content (AvgIpc) is 2.26. The lowest BCUT2D eigenvalue weighted by atomic mass is 10.1. The number of ether oxygens (including phenoxy) is 1. The number of unbranched alkanes of at least 4 members (excludes halogenated alkanes) is 3. The molecule has 0 heterocycles. The van der Waals surface area contributed by atoms with Gasteiger partial charge >= 0.3 is 5.97 Å². The van der Waals surface area contributed by atoms with E-state index in [0.717, 1.165) is 32.1 Å². The van der Waals surface area contributed by atoms with Crippen molar-refractivity contribution in [3.8, 4) is 0 Å². The van der Waals surface area contributed by atoms with Gasteiger partial charge in [-0.25, -0.2) is 0 Å². The normalized spacial score (nSPS) is 12.4. The van der Waals surface area contributed by atoms with E-state index < -0.39 is 6.10 Å². The average molecular weight is 232 g/mol. The van der Waals surface area contributed by atoms with Crippen LogP contribution in [0, 0.1) is 0 Å². The van der Waals surface area contributed by atoms with Crippen LogP contribution in [-0.2, 0) is 9.53 Å². The maximum atomic E-state index is 11.1. The summed E-state index contributed by atoms with van der Waals surface area (Å²) >= 11 is 0. The first-order chi connectivity index (χ1) is 7.70. The van der Waals surface area contributed by atoms with Crippen molar-refractivity contribution in [2.45, 2.75) is 58.0 Å². The standard InChI is InChI=1S/C12H24O4/c1-2-9-16-12(15)10-11(14)7-5-3-4-6-8-13/h11,13-14H,2-10H2,1H3. The minimum Gasteiger partial charge on any atom is -0.466 e. The van der Waals surface area contributed by atoms with E-state index in [2.05, 4.69) is 0 Å². The van der Waals surface area contributed by atoms with Crippen LogP contribution in [0.25, 0.3) is 0 Å². The zero-order chi connectivity index (χ0) is 12.2. The molecule has 96 valence electrons. The predicted octanol–water partition coefficient (Wildman–Crippen LogP) is 1.63. The molecule has 0 radical (unpaired) electrons. The zero-order valence-electron chi connectivity index (χ0n) is 10.2. The Morgan fingerprint density at radius 2 is 1.94 bits per heavy atom. The van der Waals surface area contributed by atoms with Gasteiger partial charge in [0, 0.05) is 6.61 Å². The van der Waals surface area contributed by atoms with Crippen LogP contribution in [0.3, 0.4) is 0 Å². The van der Waals surface area contributed by atoms with Gasteiger partial charge < -0.3 is 14.9 Å². The number of carbonyl (C=O) groups is 1. The summed E-state index contributed by atoms with van der Waals surface area (Å²) in [6.45, 7) is 2.60. The number of esters is 1. The Hall–Kier alpha value is -0.610. The molecule has 0 aliphatic rings. The first-order valence-corrected chi connectivity index (χ1v) is 6.15. The minimum absolute atomic E-state index is 0.0972. The van der Waals surface area contributed by atoms with Gasteiger partial charge in [0.25, 0.3) is 0 Å². The van der Waals surface area contributed by atoms with Gasteiger partial charge in [0.2, 0.25) is 0 Å².